The van der Waals surface area contributed by atoms with Crippen molar-refractivity contribution in [3.8, 4) is 11.5 Å². The molecule has 158 valence electrons. The third-order valence-corrected chi connectivity index (χ3v) is 5.10. The topological polar surface area (TPSA) is 64.2 Å². The lowest BCUT2D eigenvalue weighted by Gasteiger charge is -2.19. The van der Waals surface area contributed by atoms with Crippen molar-refractivity contribution in [3.63, 3.8) is 0 Å². The number of rotatable bonds is 9. The van der Waals surface area contributed by atoms with Gasteiger partial charge in [-0.05, 0) is 68.8 Å². The maximum absolute atomic E-state index is 12.7. The SMILES string of the molecule is CCOc1ccc([C@@H](C)[NH2+][C@H](C)C(=O)Nc2ccc3ccccc3c2)cc1OCC. The molecule has 1 amide bonds. The highest BCUT2D eigenvalue weighted by Crippen LogP contribution is 2.30. The molecule has 0 heterocycles. The van der Waals surface area contributed by atoms with Gasteiger partial charge >= 0.3 is 0 Å². The van der Waals surface area contributed by atoms with E-state index < -0.39 is 0 Å². The Hall–Kier alpha value is -3.05. The summed E-state index contributed by atoms with van der Waals surface area (Å²) in [6.07, 6.45) is 0. The second-order valence-electron chi connectivity index (χ2n) is 7.39. The van der Waals surface area contributed by atoms with Crippen LogP contribution in [0.25, 0.3) is 10.8 Å². The molecular weight excluding hydrogens is 376 g/mol. The number of benzene rings is 3. The van der Waals surface area contributed by atoms with E-state index in [1.54, 1.807) is 0 Å². The van der Waals surface area contributed by atoms with Crippen LogP contribution in [0, 0.1) is 0 Å². The summed E-state index contributed by atoms with van der Waals surface area (Å²) in [5.41, 5.74) is 1.90. The summed E-state index contributed by atoms with van der Waals surface area (Å²) in [5, 5.41) is 7.36. The molecule has 0 aromatic heterocycles. The van der Waals surface area contributed by atoms with E-state index in [1.807, 2.05) is 75.4 Å². The van der Waals surface area contributed by atoms with Crippen LogP contribution < -0.4 is 20.1 Å². The molecule has 3 aromatic rings. The zero-order chi connectivity index (χ0) is 21.5. The highest BCUT2D eigenvalue weighted by Gasteiger charge is 2.21. The molecule has 5 nitrogen and oxygen atoms in total. The number of nitrogens with one attached hydrogen (secondary N) is 1. The van der Waals surface area contributed by atoms with Crippen LogP contribution in [0.2, 0.25) is 0 Å². The second kappa shape index (κ2) is 10.1. The first-order valence-electron chi connectivity index (χ1n) is 10.6. The summed E-state index contributed by atoms with van der Waals surface area (Å²) in [6, 6.07) is 19.9. The van der Waals surface area contributed by atoms with E-state index in [0.717, 1.165) is 33.5 Å². The minimum atomic E-state index is -0.242. The number of fused-ring (bicyclic) bond motifs is 1. The Bertz CT molecular complexity index is 1000. The fourth-order valence-corrected chi connectivity index (χ4v) is 3.51. The fraction of sp³-hybridized carbons (Fsp3) is 0.320. The highest BCUT2D eigenvalue weighted by molar-refractivity contribution is 5.96. The molecule has 0 aliphatic rings. The lowest BCUT2D eigenvalue weighted by Crippen LogP contribution is -2.91. The second-order valence-corrected chi connectivity index (χ2v) is 7.39. The highest BCUT2D eigenvalue weighted by atomic mass is 16.5. The van der Waals surface area contributed by atoms with Crippen molar-refractivity contribution >= 4 is 22.4 Å². The summed E-state index contributed by atoms with van der Waals surface area (Å²) in [6.45, 7) is 9.09. The van der Waals surface area contributed by atoms with Gasteiger partial charge in [0.15, 0.2) is 17.5 Å². The molecule has 0 unspecified atom stereocenters. The van der Waals surface area contributed by atoms with Gasteiger partial charge in [-0.15, -0.1) is 0 Å². The third-order valence-electron chi connectivity index (χ3n) is 5.10. The largest absolute Gasteiger partial charge is 0.490 e. The molecule has 0 spiro atoms. The van der Waals surface area contributed by atoms with Crippen LogP contribution in [0.1, 0.15) is 39.3 Å². The van der Waals surface area contributed by atoms with E-state index in [9.17, 15) is 4.79 Å². The van der Waals surface area contributed by atoms with Crippen LogP contribution >= 0.6 is 0 Å². The predicted molar refractivity (Wildman–Crippen MR) is 121 cm³/mol. The Labute approximate surface area is 178 Å². The average Bonchev–Trinajstić information content (AvgIpc) is 2.75. The molecule has 30 heavy (non-hydrogen) atoms. The number of anilines is 1. The molecule has 3 rings (SSSR count). The summed E-state index contributed by atoms with van der Waals surface area (Å²) < 4.78 is 11.4. The number of ether oxygens (including phenoxy) is 2. The zero-order valence-corrected chi connectivity index (χ0v) is 18.1. The number of hydrogen-bond acceptors (Lipinski definition) is 3. The summed E-state index contributed by atoms with van der Waals surface area (Å²) in [7, 11) is 0. The first-order valence-corrected chi connectivity index (χ1v) is 10.6. The van der Waals surface area contributed by atoms with Crippen LogP contribution in [0.5, 0.6) is 11.5 Å². The Kier molecular flexibility index (Phi) is 7.31. The van der Waals surface area contributed by atoms with E-state index in [2.05, 4.69) is 23.6 Å². The number of carbonyl (C=O) groups is 1. The van der Waals surface area contributed by atoms with Crippen LogP contribution in [0.4, 0.5) is 5.69 Å². The summed E-state index contributed by atoms with van der Waals surface area (Å²) in [5.74, 6) is 1.47. The van der Waals surface area contributed by atoms with Gasteiger partial charge in [0.1, 0.15) is 6.04 Å². The molecule has 0 saturated carbocycles. The van der Waals surface area contributed by atoms with Crippen molar-refractivity contribution in [1.29, 1.82) is 0 Å². The van der Waals surface area contributed by atoms with Gasteiger partial charge in [0.2, 0.25) is 0 Å². The molecule has 0 aliphatic heterocycles. The lowest BCUT2D eigenvalue weighted by molar-refractivity contribution is -0.709. The molecular formula is C25H31N2O3+. The van der Waals surface area contributed by atoms with Gasteiger partial charge in [0, 0.05) is 11.3 Å². The van der Waals surface area contributed by atoms with Gasteiger partial charge in [-0.1, -0.05) is 30.3 Å². The molecule has 5 heteroatoms. The van der Waals surface area contributed by atoms with Crippen molar-refractivity contribution in [3.05, 3.63) is 66.2 Å². The predicted octanol–water partition coefficient (Wildman–Crippen LogP) is 4.29. The third kappa shape index (κ3) is 5.30. The monoisotopic (exact) mass is 407 g/mol. The van der Waals surface area contributed by atoms with Crippen molar-refractivity contribution < 1.29 is 19.6 Å². The van der Waals surface area contributed by atoms with E-state index in [-0.39, 0.29) is 18.0 Å². The van der Waals surface area contributed by atoms with E-state index in [1.165, 1.54) is 0 Å². The normalized spacial score (nSPS) is 12.9. The van der Waals surface area contributed by atoms with E-state index in [0.29, 0.717) is 13.2 Å². The Balaban J connectivity index is 1.65. The van der Waals surface area contributed by atoms with Crippen molar-refractivity contribution in [2.24, 2.45) is 0 Å². The Morgan fingerprint density at radius 1 is 0.900 bits per heavy atom. The van der Waals surface area contributed by atoms with Gasteiger partial charge < -0.3 is 20.1 Å². The molecule has 3 N–H and O–H groups in total. The van der Waals surface area contributed by atoms with E-state index >= 15 is 0 Å². The fourth-order valence-electron chi connectivity index (χ4n) is 3.51. The standard InChI is InChI=1S/C25H30N2O3/c1-5-29-23-14-12-20(16-24(23)30-6-2)17(3)26-18(4)25(28)27-22-13-11-19-9-7-8-10-21(19)15-22/h7-18,26H,5-6H2,1-4H3,(H,27,28)/p+1/t17-,18-/m1/s1. The van der Waals surface area contributed by atoms with Crippen molar-refractivity contribution in [2.75, 3.05) is 18.5 Å². The van der Waals surface area contributed by atoms with Crippen molar-refractivity contribution in [1.82, 2.24) is 0 Å². The van der Waals surface area contributed by atoms with E-state index in [4.69, 9.17) is 9.47 Å². The molecule has 0 fully saturated rings. The number of hydrogen-bond donors (Lipinski definition) is 2. The minimum absolute atomic E-state index is 0.0203. The van der Waals surface area contributed by atoms with Gasteiger partial charge in [-0.3, -0.25) is 4.79 Å². The van der Waals surface area contributed by atoms with Crippen LogP contribution in [-0.4, -0.2) is 25.2 Å². The number of carbonyl (C=O) groups excluding carboxylic acids is 1. The van der Waals surface area contributed by atoms with Crippen LogP contribution in [-0.2, 0) is 4.79 Å². The van der Waals surface area contributed by atoms with Crippen LogP contribution in [0.3, 0.4) is 0 Å². The summed E-state index contributed by atoms with van der Waals surface area (Å²) >= 11 is 0. The molecule has 0 aliphatic carbocycles. The molecule has 0 bridgehead atoms. The number of quaternary nitrogens is 1. The molecule has 0 saturated heterocycles. The summed E-state index contributed by atoms with van der Waals surface area (Å²) in [4.78, 5) is 12.7. The zero-order valence-electron chi connectivity index (χ0n) is 18.1. The number of amides is 1. The molecule has 0 radical (unpaired) electrons. The molecule has 3 aromatic carbocycles. The quantitative estimate of drug-likeness (QED) is 0.556. The first-order chi connectivity index (χ1) is 14.5. The average molecular weight is 408 g/mol. The molecule has 2 atom stereocenters. The maximum atomic E-state index is 12.7. The van der Waals surface area contributed by atoms with Crippen molar-refractivity contribution in [2.45, 2.75) is 39.8 Å². The number of nitrogens with two attached hydrogens (primary N) is 1. The van der Waals surface area contributed by atoms with Gasteiger partial charge in [-0.25, -0.2) is 0 Å². The lowest BCUT2D eigenvalue weighted by atomic mass is 10.1. The first kappa shape index (κ1) is 21.7. The minimum Gasteiger partial charge on any atom is -0.490 e. The van der Waals surface area contributed by atoms with Gasteiger partial charge in [-0.2, -0.15) is 0 Å². The van der Waals surface area contributed by atoms with Crippen LogP contribution in [0.15, 0.2) is 60.7 Å². The van der Waals surface area contributed by atoms with Gasteiger partial charge in [0.05, 0.1) is 13.2 Å². The Morgan fingerprint density at radius 2 is 1.60 bits per heavy atom. The van der Waals surface area contributed by atoms with Gasteiger partial charge in [0.25, 0.3) is 5.91 Å². The Morgan fingerprint density at radius 3 is 2.33 bits per heavy atom. The maximum Gasteiger partial charge on any atom is 0.282 e. The smallest absolute Gasteiger partial charge is 0.282 e.